The van der Waals surface area contributed by atoms with Crippen LogP contribution in [0.15, 0.2) is 58.4 Å². The zero-order valence-corrected chi connectivity index (χ0v) is 17.6. The third-order valence-corrected chi connectivity index (χ3v) is 4.51. The second-order valence-corrected chi connectivity index (χ2v) is 7.08. The van der Waals surface area contributed by atoms with E-state index >= 15 is 0 Å². The summed E-state index contributed by atoms with van der Waals surface area (Å²) >= 11 is 12.5. The SMILES string of the molecule is CN(C)C(=O)Oc1cccnc1C=NC(=O)C1=CN(c2c(Cl)cccc2Cl)CC=N1. The van der Waals surface area contributed by atoms with Gasteiger partial charge in [-0.1, -0.05) is 29.3 Å². The first kappa shape index (κ1) is 21.5. The van der Waals surface area contributed by atoms with Gasteiger partial charge in [0, 0.05) is 32.7 Å². The Morgan fingerprint density at radius 3 is 2.63 bits per heavy atom. The minimum atomic E-state index is -0.602. The molecule has 0 radical (unpaired) electrons. The Bertz CT molecular complexity index is 1050. The van der Waals surface area contributed by atoms with Gasteiger partial charge in [0.1, 0.15) is 11.4 Å². The zero-order chi connectivity index (χ0) is 21.7. The van der Waals surface area contributed by atoms with E-state index < -0.39 is 12.0 Å². The predicted molar refractivity (Wildman–Crippen MR) is 117 cm³/mol. The van der Waals surface area contributed by atoms with Gasteiger partial charge in [-0.15, -0.1) is 0 Å². The van der Waals surface area contributed by atoms with Crippen LogP contribution in [0.1, 0.15) is 5.69 Å². The normalized spacial score (nSPS) is 13.3. The number of nitrogens with zero attached hydrogens (tertiary/aromatic N) is 5. The van der Waals surface area contributed by atoms with Gasteiger partial charge in [0.15, 0.2) is 5.75 Å². The molecule has 1 aromatic heterocycles. The molecule has 3 rings (SSSR count). The van der Waals surface area contributed by atoms with Crippen LogP contribution in [-0.2, 0) is 4.79 Å². The van der Waals surface area contributed by atoms with Gasteiger partial charge in [-0.3, -0.25) is 14.8 Å². The molecule has 0 bridgehead atoms. The van der Waals surface area contributed by atoms with Gasteiger partial charge in [-0.25, -0.2) is 9.79 Å². The van der Waals surface area contributed by atoms with Crippen LogP contribution in [0.2, 0.25) is 10.0 Å². The van der Waals surface area contributed by atoms with Crippen molar-refractivity contribution in [3.63, 3.8) is 0 Å². The van der Waals surface area contributed by atoms with E-state index in [1.54, 1.807) is 55.5 Å². The summed E-state index contributed by atoms with van der Waals surface area (Å²) in [5.74, 6) is -0.423. The van der Waals surface area contributed by atoms with Crippen LogP contribution < -0.4 is 9.64 Å². The number of benzene rings is 1. The Labute approximate surface area is 183 Å². The van der Waals surface area contributed by atoms with Gasteiger partial charge >= 0.3 is 6.09 Å². The van der Waals surface area contributed by atoms with Crippen molar-refractivity contribution in [1.29, 1.82) is 0 Å². The summed E-state index contributed by atoms with van der Waals surface area (Å²) in [5, 5.41) is 0.898. The predicted octanol–water partition coefficient (Wildman–Crippen LogP) is 3.83. The van der Waals surface area contributed by atoms with Crippen LogP contribution in [0.5, 0.6) is 5.75 Å². The lowest BCUT2D eigenvalue weighted by Crippen LogP contribution is -2.25. The number of hydrogen-bond donors (Lipinski definition) is 0. The van der Waals surface area contributed by atoms with Gasteiger partial charge in [0.25, 0.3) is 5.91 Å². The van der Waals surface area contributed by atoms with Gasteiger partial charge in [0.2, 0.25) is 0 Å². The molecule has 1 aliphatic heterocycles. The van der Waals surface area contributed by atoms with E-state index in [0.717, 1.165) is 0 Å². The number of aromatic nitrogens is 1. The molecule has 0 saturated carbocycles. The van der Waals surface area contributed by atoms with Crippen LogP contribution in [0.25, 0.3) is 0 Å². The summed E-state index contributed by atoms with van der Waals surface area (Å²) in [6.07, 6.45) is 5.23. The molecule has 30 heavy (non-hydrogen) atoms. The highest BCUT2D eigenvalue weighted by Gasteiger charge is 2.18. The first-order valence-electron chi connectivity index (χ1n) is 8.74. The maximum atomic E-state index is 12.5. The fourth-order valence-electron chi connectivity index (χ4n) is 2.45. The van der Waals surface area contributed by atoms with E-state index in [2.05, 4.69) is 15.0 Å². The molecule has 0 aliphatic carbocycles. The minimum Gasteiger partial charge on any atom is -0.408 e. The number of hydrogen-bond acceptors (Lipinski definition) is 6. The monoisotopic (exact) mass is 445 g/mol. The maximum Gasteiger partial charge on any atom is 0.414 e. The zero-order valence-electron chi connectivity index (χ0n) is 16.1. The third-order valence-electron chi connectivity index (χ3n) is 3.90. The summed E-state index contributed by atoms with van der Waals surface area (Å²) in [7, 11) is 3.11. The number of amides is 2. The quantitative estimate of drug-likeness (QED) is 0.667. The largest absolute Gasteiger partial charge is 0.414 e. The van der Waals surface area contributed by atoms with E-state index in [1.165, 1.54) is 23.5 Å². The van der Waals surface area contributed by atoms with Crippen molar-refractivity contribution in [2.45, 2.75) is 0 Å². The molecule has 10 heteroatoms. The van der Waals surface area contributed by atoms with Crippen LogP contribution in [0.3, 0.4) is 0 Å². The molecular formula is C20H17Cl2N5O3. The van der Waals surface area contributed by atoms with Crippen molar-refractivity contribution in [2.75, 3.05) is 25.5 Å². The fraction of sp³-hybridized carbons (Fsp3) is 0.150. The summed E-state index contributed by atoms with van der Waals surface area (Å²) in [5.41, 5.74) is 0.896. The van der Waals surface area contributed by atoms with Crippen molar-refractivity contribution < 1.29 is 14.3 Å². The molecule has 0 fully saturated rings. The molecule has 1 aromatic carbocycles. The molecule has 0 N–H and O–H groups in total. The Morgan fingerprint density at radius 2 is 1.93 bits per heavy atom. The average molecular weight is 446 g/mol. The molecule has 0 atom stereocenters. The van der Waals surface area contributed by atoms with Crippen molar-refractivity contribution >= 4 is 53.3 Å². The van der Waals surface area contributed by atoms with E-state index in [0.29, 0.717) is 22.3 Å². The Morgan fingerprint density at radius 1 is 1.20 bits per heavy atom. The van der Waals surface area contributed by atoms with Crippen LogP contribution in [-0.4, -0.2) is 55.0 Å². The number of aliphatic imine (C=N–C) groups is 2. The topological polar surface area (TPSA) is 87.5 Å². The van der Waals surface area contributed by atoms with Gasteiger partial charge in [0.05, 0.1) is 28.5 Å². The summed E-state index contributed by atoms with van der Waals surface area (Å²) in [6, 6.07) is 8.31. The number of carbonyl (C=O) groups excluding carboxylic acids is 2. The molecular weight excluding hydrogens is 429 g/mol. The van der Waals surface area contributed by atoms with Crippen molar-refractivity contribution in [3.8, 4) is 5.75 Å². The van der Waals surface area contributed by atoms with Gasteiger partial charge < -0.3 is 14.5 Å². The summed E-state index contributed by atoms with van der Waals surface area (Å²) in [6.45, 7) is 0.398. The fourth-order valence-corrected chi connectivity index (χ4v) is 3.06. The van der Waals surface area contributed by atoms with Crippen LogP contribution in [0.4, 0.5) is 10.5 Å². The average Bonchev–Trinajstić information content (AvgIpc) is 2.73. The summed E-state index contributed by atoms with van der Waals surface area (Å²) in [4.78, 5) is 39.4. The standard InChI is InChI=1S/C20H17Cl2N5O3/c1-26(2)20(29)30-17-7-4-8-23-15(17)11-25-19(28)16-12-27(10-9-24-16)18-13(21)5-3-6-14(18)22/h3-9,11-12H,10H2,1-2H3. The number of rotatable bonds is 4. The highest BCUT2D eigenvalue weighted by Crippen LogP contribution is 2.34. The molecule has 0 unspecified atom stereocenters. The number of carbonyl (C=O) groups is 2. The number of pyridine rings is 1. The lowest BCUT2D eigenvalue weighted by Gasteiger charge is -2.23. The van der Waals surface area contributed by atoms with Gasteiger partial charge in [-0.2, -0.15) is 0 Å². The Kier molecular flexibility index (Phi) is 6.81. The highest BCUT2D eigenvalue weighted by atomic mass is 35.5. The second kappa shape index (κ2) is 9.51. The number of para-hydroxylation sites is 1. The third kappa shape index (κ3) is 5.03. The van der Waals surface area contributed by atoms with E-state index in [-0.39, 0.29) is 17.1 Å². The molecule has 154 valence electrons. The van der Waals surface area contributed by atoms with E-state index in [1.807, 2.05) is 0 Å². The second-order valence-electron chi connectivity index (χ2n) is 6.26. The molecule has 2 heterocycles. The van der Waals surface area contributed by atoms with Crippen LogP contribution in [0, 0.1) is 0 Å². The smallest absolute Gasteiger partial charge is 0.408 e. The van der Waals surface area contributed by atoms with Crippen molar-refractivity contribution in [1.82, 2.24) is 9.88 Å². The van der Waals surface area contributed by atoms with Crippen molar-refractivity contribution in [3.05, 3.63) is 64.2 Å². The lowest BCUT2D eigenvalue weighted by molar-refractivity contribution is -0.114. The number of anilines is 1. The molecule has 0 saturated heterocycles. The summed E-state index contributed by atoms with van der Waals surface area (Å²) < 4.78 is 5.23. The molecule has 2 aromatic rings. The van der Waals surface area contributed by atoms with E-state index in [9.17, 15) is 9.59 Å². The first-order chi connectivity index (χ1) is 14.4. The van der Waals surface area contributed by atoms with Gasteiger partial charge in [-0.05, 0) is 24.3 Å². The maximum absolute atomic E-state index is 12.5. The molecule has 8 nitrogen and oxygen atoms in total. The minimum absolute atomic E-state index is 0.0938. The first-order valence-corrected chi connectivity index (χ1v) is 9.50. The molecule has 2 amide bonds. The Balaban J connectivity index is 1.81. The molecule has 0 spiro atoms. The van der Waals surface area contributed by atoms with Crippen LogP contribution >= 0.6 is 23.2 Å². The number of ether oxygens (including phenoxy) is 1. The molecule has 1 aliphatic rings. The Hall–Kier alpha value is -3.23. The highest BCUT2D eigenvalue weighted by molar-refractivity contribution is 6.39. The van der Waals surface area contributed by atoms with E-state index in [4.69, 9.17) is 27.9 Å². The van der Waals surface area contributed by atoms with Crippen molar-refractivity contribution in [2.24, 2.45) is 9.98 Å². The lowest BCUT2D eigenvalue weighted by atomic mass is 10.2. The number of halogens is 2.